The third-order valence-corrected chi connectivity index (χ3v) is 3.36. The second-order valence-corrected chi connectivity index (χ2v) is 4.67. The molecule has 2 rings (SSSR count). The maximum absolute atomic E-state index is 12.2. The number of benzene rings is 1. The number of nitrogens with one attached hydrogen (secondary N) is 1. The molecule has 4 heteroatoms. The molecule has 0 spiro atoms. The second kappa shape index (κ2) is 6.19. The molecule has 0 fully saturated rings. The molecule has 0 saturated carbocycles. The maximum Gasteiger partial charge on any atom is 0.247 e. The molecular formula is C16H18N2O2. The topological polar surface area (TPSA) is 51.1 Å². The Hall–Kier alpha value is -2.36. The van der Waals surface area contributed by atoms with Crippen molar-refractivity contribution in [2.45, 2.75) is 26.3 Å². The van der Waals surface area contributed by atoms with Crippen LogP contribution in [0.25, 0.3) is 0 Å². The number of carbonyl (C=O) groups is 2. The third kappa shape index (κ3) is 2.96. The highest BCUT2D eigenvalue weighted by Gasteiger charge is 2.16. The van der Waals surface area contributed by atoms with E-state index in [1.807, 2.05) is 24.3 Å². The van der Waals surface area contributed by atoms with Crippen LogP contribution in [0.15, 0.2) is 42.6 Å². The first-order valence-electron chi connectivity index (χ1n) is 6.67. The number of hydrogen-bond donors (Lipinski definition) is 1. The fourth-order valence-electron chi connectivity index (χ4n) is 2.06. The molecule has 1 aromatic carbocycles. The number of nitrogens with zero attached hydrogens (tertiary/aromatic N) is 1. The van der Waals surface area contributed by atoms with Gasteiger partial charge in [-0.25, -0.2) is 0 Å². The van der Waals surface area contributed by atoms with Crippen LogP contribution in [0.5, 0.6) is 0 Å². The summed E-state index contributed by atoms with van der Waals surface area (Å²) in [7, 11) is 0. The Morgan fingerprint density at radius 2 is 2.00 bits per heavy atom. The van der Waals surface area contributed by atoms with Crippen LogP contribution in [-0.2, 0) is 11.2 Å². The Kier molecular flexibility index (Phi) is 4.35. The summed E-state index contributed by atoms with van der Waals surface area (Å²) in [6.07, 6.45) is 3.45. The Morgan fingerprint density at radius 3 is 2.60 bits per heavy atom. The van der Waals surface area contributed by atoms with E-state index < -0.39 is 6.04 Å². The quantitative estimate of drug-likeness (QED) is 0.849. The molecule has 1 N–H and O–H groups in total. The van der Waals surface area contributed by atoms with Gasteiger partial charge in [-0.3, -0.25) is 9.59 Å². The predicted octanol–water partition coefficient (Wildman–Crippen LogP) is 3.06. The summed E-state index contributed by atoms with van der Waals surface area (Å²) < 4.78 is 1.66. The first-order chi connectivity index (χ1) is 9.65. The van der Waals surface area contributed by atoms with Crippen LogP contribution in [0, 0.1) is 0 Å². The average Bonchev–Trinajstić information content (AvgIpc) is 2.95. The van der Waals surface area contributed by atoms with Crippen LogP contribution in [0.2, 0.25) is 0 Å². The summed E-state index contributed by atoms with van der Waals surface area (Å²) in [5, 5.41) is 2.86. The number of aromatic nitrogens is 1. The Bertz CT molecular complexity index is 599. The molecule has 4 nitrogen and oxygen atoms in total. The van der Waals surface area contributed by atoms with Gasteiger partial charge in [0.15, 0.2) is 6.29 Å². The Labute approximate surface area is 118 Å². The Balaban J connectivity index is 2.09. The van der Waals surface area contributed by atoms with Crippen LogP contribution in [-0.4, -0.2) is 16.8 Å². The highest BCUT2D eigenvalue weighted by atomic mass is 16.2. The third-order valence-electron chi connectivity index (χ3n) is 3.36. The summed E-state index contributed by atoms with van der Waals surface area (Å²) in [6, 6.07) is 10.8. The summed E-state index contributed by atoms with van der Waals surface area (Å²) in [5.41, 5.74) is 2.48. The molecule has 20 heavy (non-hydrogen) atoms. The fraction of sp³-hybridized carbons (Fsp3) is 0.250. The van der Waals surface area contributed by atoms with E-state index in [0.717, 1.165) is 18.4 Å². The van der Waals surface area contributed by atoms with Crippen LogP contribution in [0.3, 0.4) is 0 Å². The molecule has 0 bridgehead atoms. The molecule has 0 aliphatic rings. The molecule has 0 aliphatic carbocycles. The van der Waals surface area contributed by atoms with E-state index in [-0.39, 0.29) is 5.91 Å². The standard InChI is InChI=1S/C16H18N2O2/c1-3-13-6-8-14(9-7-13)17-16(20)12(2)18-10-4-5-15(18)11-19/h4-12H,3H2,1-2H3,(H,17,20). The highest BCUT2D eigenvalue weighted by molar-refractivity contribution is 5.94. The number of rotatable bonds is 5. The van der Waals surface area contributed by atoms with Crippen molar-refractivity contribution in [3.05, 3.63) is 53.9 Å². The molecule has 2 aromatic rings. The zero-order chi connectivity index (χ0) is 14.5. The van der Waals surface area contributed by atoms with Gasteiger partial charge in [0, 0.05) is 11.9 Å². The minimum absolute atomic E-state index is 0.145. The van der Waals surface area contributed by atoms with Gasteiger partial charge in [-0.05, 0) is 43.2 Å². The van der Waals surface area contributed by atoms with Crippen molar-refractivity contribution in [1.82, 2.24) is 4.57 Å². The zero-order valence-corrected chi connectivity index (χ0v) is 11.7. The van der Waals surface area contributed by atoms with Crippen molar-refractivity contribution in [3.63, 3.8) is 0 Å². The fourth-order valence-corrected chi connectivity index (χ4v) is 2.06. The van der Waals surface area contributed by atoms with Gasteiger partial charge in [0.2, 0.25) is 5.91 Å². The second-order valence-electron chi connectivity index (χ2n) is 4.67. The molecule has 1 heterocycles. The minimum atomic E-state index is -0.434. The van der Waals surface area contributed by atoms with E-state index in [0.29, 0.717) is 5.69 Å². The molecule has 1 amide bonds. The van der Waals surface area contributed by atoms with Gasteiger partial charge >= 0.3 is 0 Å². The molecule has 104 valence electrons. The molecule has 0 aliphatic heterocycles. The van der Waals surface area contributed by atoms with Gasteiger partial charge in [-0.1, -0.05) is 19.1 Å². The SMILES string of the molecule is CCc1ccc(NC(=O)C(C)n2cccc2C=O)cc1. The van der Waals surface area contributed by atoms with E-state index in [1.54, 1.807) is 29.8 Å². The zero-order valence-electron chi connectivity index (χ0n) is 11.7. The van der Waals surface area contributed by atoms with Crippen molar-refractivity contribution < 1.29 is 9.59 Å². The lowest BCUT2D eigenvalue weighted by molar-refractivity contribution is -0.118. The molecule has 0 saturated heterocycles. The van der Waals surface area contributed by atoms with Crippen LogP contribution < -0.4 is 5.32 Å². The van der Waals surface area contributed by atoms with Crippen molar-refractivity contribution in [3.8, 4) is 0 Å². The number of aldehydes is 1. The van der Waals surface area contributed by atoms with E-state index in [1.165, 1.54) is 5.56 Å². The van der Waals surface area contributed by atoms with Gasteiger partial charge in [0.25, 0.3) is 0 Å². The average molecular weight is 270 g/mol. The van der Waals surface area contributed by atoms with Crippen molar-refractivity contribution in [2.24, 2.45) is 0 Å². The van der Waals surface area contributed by atoms with Gasteiger partial charge in [-0.2, -0.15) is 0 Å². The van der Waals surface area contributed by atoms with Crippen molar-refractivity contribution in [2.75, 3.05) is 5.32 Å². The van der Waals surface area contributed by atoms with E-state index in [2.05, 4.69) is 12.2 Å². The van der Waals surface area contributed by atoms with E-state index >= 15 is 0 Å². The van der Waals surface area contributed by atoms with Gasteiger partial charge in [0.1, 0.15) is 6.04 Å². The summed E-state index contributed by atoms with van der Waals surface area (Å²) in [5.74, 6) is -0.145. The minimum Gasteiger partial charge on any atom is -0.333 e. The summed E-state index contributed by atoms with van der Waals surface area (Å²) >= 11 is 0. The number of anilines is 1. The van der Waals surface area contributed by atoms with Crippen LogP contribution in [0.4, 0.5) is 5.69 Å². The lowest BCUT2D eigenvalue weighted by atomic mass is 10.1. The first kappa shape index (κ1) is 14.1. The van der Waals surface area contributed by atoms with Gasteiger partial charge in [-0.15, -0.1) is 0 Å². The van der Waals surface area contributed by atoms with E-state index in [4.69, 9.17) is 0 Å². The Morgan fingerprint density at radius 1 is 1.30 bits per heavy atom. The maximum atomic E-state index is 12.2. The molecule has 1 atom stereocenters. The van der Waals surface area contributed by atoms with Crippen molar-refractivity contribution >= 4 is 17.9 Å². The number of amides is 1. The van der Waals surface area contributed by atoms with Crippen LogP contribution in [0.1, 0.15) is 35.9 Å². The largest absolute Gasteiger partial charge is 0.333 e. The van der Waals surface area contributed by atoms with Crippen molar-refractivity contribution in [1.29, 1.82) is 0 Å². The number of aryl methyl sites for hydroxylation is 1. The summed E-state index contributed by atoms with van der Waals surface area (Å²) in [6.45, 7) is 3.85. The smallest absolute Gasteiger partial charge is 0.247 e. The molecule has 1 aromatic heterocycles. The first-order valence-corrected chi connectivity index (χ1v) is 6.67. The van der Waals surface area contributed by atoms with Gasteiger partial charge < -0.3 is 9.88 Å². The number of hydrogen-bond acceptors (Lipinski definition) is 2. The molecule has 1 unspecified atom stereocenters. The van der Waals surface area contributed by atoms with Gasteiger partial charge in [0.05, 0.1) is 5.69 Å². The van der Waals surface area contributed by atoms with E-state index in [9.17, 15) is 9.59 Å². The monoisotopic (exact) mass is 270 g/mol. The normalized spacial score (nSPS) is 11.9. The molecular weight excluding hydrogens is 252 g/mol. The highest BCUT2D eigenvalue weighted by Crippen LogP contribution is 2.15. The molecule has 0 radical (unpaired) electrons. The lowest BCUT2D eigenvalue weighted by Gasteiger charge is -2.15. The predicted molar refractivity (Wildman–Crippen MR) is 79.0 cm³/mol. The summed E-state index contributed by atoms with van der Waals surface area (Å²) in [4.78, 5) is 23.1. The number of carbonyl (C=O) groups excluding carboxylic acids is 2. The van der Waals surface area contributed by atoms with Crippen LogP contribution >= 0.6 is 0 Å². The lowest BCUT2D eigenvalue weighted by Crippen LogP contribution is -2.24.